The zero-order valence-electron chi connectivity index (χ0n) is 24.4. The van der Waals surface area contributed by atoms with Crippen molar-refractivity contribution in [2.75, 3.05) is 53.2 Å². The molecule has 1 saturated heterocycles. The summed E-state index contributed by atoms with van der Waals surface area (Å²) in [5.74, 6) is -0.290. The van der Waals surface area contributed by atoms with Crippen molar-refractivity contribution in [1.82, 2.24) is 14.5 Å². The lowest BCUT2D eigenvalue weighted by Gasteiger charge is -2.31. The molecule has 1 aliphatic rings. The SMILES string of the molecule is COCCCNC(=O)[C@H](Cc1ccccc1)N(Cc1ccccc1)C(=O)COc1ccc(S(=O)(=O)N2CCOCC2)cc1. The molecule has 1 heterocycles. The fourth-order valence-electron chi connectivity index (χ4n) is 4.75. The fraction of sp³-hybridized carbons (Fsp3) is 0.375. The van der Waals surface area contributed by atoms with Crippen molar-refractivity contribution in [2.24, 2.45) is 0 Å². The first-order chi connectivity index (χ1) is 20.9. The van der Waals surface area contributed by atoms with Gasteiger partial charge in [-0.2, -0.15) is 4.31 Å². The number of nitrogens with one attached hydrogen (secondary N) is 1. The summed E-state index contributed by atoms with van der Waals surface area (Å²) in [5, 5.41) is 2.96. The number of methoxy groups -OCH3 is 1. The van der Waals surface area contributed by atoms with Crippen molar-refractivity contribution in [3.05, 3.63) is 96.1 Å². The molecule has 1 fully saturated rings. The quantitative estimate of drug-likeness (QED) is 0.264. The third-order valence-corrected chi connectivity index (χ3v) is 9.00. The molecule has 43 heavy (non-hydrogen) atoms. The topological polar surface area (TPSA) is 114 Å². The Morgan fingerprint density at radius 1 is 0.930 bits per heavy atom. The Balaban J connectivity index is 1.51. The van der Waals surface area contributed by atoms with E-state index in [1.165, 1.54) is 28.6 Å². The van der Waals surface area contributed by atoms with Crippen LogP contribution in [0.4, 0.5) is 0 Å². The summed E-state index contributed by atoms with van der Waals surface area (Å²) in [6.07, 6.45) is 0.969. The van der Waals surface area contributed by atoms with Crippen LogP contribution in [0.3, 0.4) is 0 Å². The largest absolute Gasteiger partial charge is 0.484 e. The monoisotopic (exact) mass is 609 g/mol. The van der Waals surface area contributed by atoms with Gasteiger partial charge >= 0.3 is 0 Å². The highest BCUT2D eigenvalue weighted by molar-refractivity contribution is 7.89. The number of amides is 2. The summed E-state index contributed by atoms with van der Waals surface area (Å²) in [6.45, 7) is 2.13. The van der Waals surface area contributed by atoms with Crippen molar-refractivity contribution < 1.29 is 32.2 Å². The molecule has 2 amide bonds. The maximum absolute atomic E-state index is 13.8. The smallest absolute Gasteiger partial charge is 0.261 e. The number of carbonyl (C=O) groups excluding carboxylic acids is 2. The lowest BCUT2D eigenvalue weighted by atomic mass is 10.0. The third kappa shape index (κ3) is 9.36. The summed E-state index contributed by atoms with van der Waals surface area (Å²) >= 11 is 0. The van der Waals surface area contributed by atoms with Crippen molar-refractivity contribution in [2.45, 2.75) is 30.3 Å². The lowest BCUT2D eigenvalue weighted by Crippen LogP contribution is -2.51. The zero-order chi connectivity index (χ0) is 30.5. The van der Waals surface area contributed by atoms with Crippen LogP contribution in [0, 0.1) is 0 Å². The van der Waals surface area contributed by atoms with Gasteiger partial charge in [-0.15, -0.1) is 0 Å². The van der Waals surface area contributed by atoms with Crippen LogP contribution in [0.1, 0.15) is 17.5 Å². The molecule has 10 nitrogen and oxygen atoms in total. The minimum atomic E-state index is -3.65. The molecular formula is C32H39N3O7S. The summed E-state index contributed by atoms with van der Waals surface area (Å²) in [6, 6.07) is 24.3. The molecule has 11 heteroatoms. The van der Waals surface area contributed by atoms with Crippen molar-refractivity contribution in [1.29, 1.82) is 0 Å². The number of benzene rings is 3. The number of ether oxygens (including phenoxy) is 3. The number of carbonyl (C=O) groups is 2. The van der Waals surface area contributed by atoms with E-state index in [0.717, 1.165) is 11.1 Å². The van der Waals surface area contributed by atoms with Gasteiger partial charge in [0.05, 0.1) is 18.1 Å². The van der Waals surface area contributed by atoms with E-state index in [0.29, 0.717) is 58.0 Å². The van der Waals surface area contributed by atoms with Gasteiger partial charge < -0.3 is 24.4 Å². The average molecular weight is 610 g/mol. The molecule has 3 aromatic carbocycles. The van der Waals surface area contributed by atoms with Crippen LogP contribution in [-0.4, -0.2) is 88.7 Å². The van der Waals surface area contributed by atoms with E-state index in [9.17, 15) is 18.0 Å². The summed E-state index contributed by atoms with van der Waals surface area (Å²) < 4.78 is 43.5. The molecule has 1 N–H and O–H groups in total. The molecule has 0 aliphatic carbocycles. The third-order valence-electron chi connectivity index (χ3n) is 7.09. The predicted molar refractivity (Wildman–Crippen MR) is 162 cm³/mol. The van der Waals surface area contributed by atoms with E-state index in [1.807, 2.05) is 60.7 Å². The molecule has 0 spiro atoms. The maximum Gasteiger partial charge on any atom is 0.261 e. The van der Waals surface area contributed by atoms with Gasteiger partial charge in [-0.25, -0.2) is 8.42 Å². The van der Waals surface area contributed by atoms with Crippen molar-refractivity contribution >= 4 is 21.8 Å². The average Bonchev–Trinajstić information content (AvgIpc) is 3.05. The summed E-state index contributed by atoms with van der Waals surface area (Å²) in [4.78, 5) is 29.0. The molecular weight excluding hydrogens is 570 g/mol. The van der Waals surface area contributed by atoms with Crippen LogP contribution in [0.5, 0.6) is 5.75 Å². The number of rotatable bonds is 15. The Morgan fingerprint density at radius 3 is 2.19 bits per heavy atom. The molecule has 0 aromatic heterocycles. The van der Waals surface area contributed by atoms with Crippen LogP contribution < -0.4 is 10.1 Å². The standard InChI is InChI=1S/C32H39N3O7S/c1-40-20-8-17-33-32(37)30(23-26-9-4-2-5-10-26)35(24-27-11-6-3-7-12-27)31(36)25-42-28-13-15-29(16-14-28)43(38,39)34-18-21-41-22-19-34/h2-7,9-16,30H,8,17-25H2,1H3,(H,33,37)/t30-/m0/s1. The Morgan fingerprint density at radius 2 is 1.56 bits per heavy atom. The van der Waals surface area contributed by atoms with E-state index in [2.05, 4.69) is 5.32 Å². The second-order valence-electron chi connectivity index (χ2n) is 10.1. The first-order valence-corrected chi connectivity index (χ1v) is 15.8. The first kappa shape index (κ1) is 32.2. The van der Waals surface area contributed by atoms with Crippen LogP contribution in [0.2, 0.25) is 0 Å². The van der Waals surface area contributed by atoms with Gasteiger partial charge in [-0.3, -0.25) is 9.59 Å². The Bertz CT molecular complexity index is 1400. The molecule has 0 radical (unpaired) electrons. The minimum absolute atomic E-state index is 0.145. The first-order valence-electron chi connectivity index (χ1n) is 14.3. The fourth-order valence-corrected chi connectivity index (χ4v) is 6.16. The van der Waals surface area contributed by atoms with Gasteiger partial charge in [0.15, 0.2) is 6.61 Å². The lowest BCUT2D eigenvalue weighted by molar-refractivity contribution is -0.142. The van der Waals surface area contributed by atoms with E-state index in [1.54, 1.807) is 12.0 Å². The molecule has 0 bridgehead atoms. The van der Waals surface area contributed by atoms with Crippen molar-refractivity contribution in [3.8, 4) is 5.75 Å². The number of hydrogen-bond donors (Lipinski definition) is 1. The minimum Gasteiger partial charge on any atom is -0.484 e. The van der Waals surface area contributed by atoms with E-state index in [4.69, 9.17) is 14.2 Å². The number of sulfonamides is 1. The molecule has 230 valence electrons. The second kappa shape index (κ2) is 16.2. The van der Waals surface area contributed by atoms with Crippen LogP contribution >= 0.6 is 0 Å². The highest BCUT2D eigenvalue weighted by Gasteiger charge is 2.31. The Hall–Kier alpha value is -3.77. The predicted octanol–water partition coefficient (Wildman–Crippen LogP) is 2.88. The number of nitrogens with zero attached hydrogens (tertiary/aromatic N) is 2. The molecule has 1 aliphatic heterocycles. The van der Waals surface area contributed by atoms with Crippen LogP contribution in [-0.2, 0) is 42.1 Å². The highest BCUT2D eigenvalue weighted by atomic mass is 32.2. The van der Waals surface area contributed by atoms with E-state index >= 15 is 0 Å². The van der Waals surface area contributed by atoms with Crippen LogP contribution in [0.25, 0.3) is 0 Å². The van der Waals surface area contributed by atoms with Gasteiger partial charge in [-0.1, -0.05) is 60.7 Å². The van der Waals surface area contributed by atoms with Gasteiger partial charge in [0.1, 0.15) is 11.8 Å². The van der Waals surface area contributed by atoms with Gasteiger partial charge in [0.25, 0.3) is 5.91 Å². The molecule has 0 unspecified atom stereocenters. The van der Waals surface area contributed by atoms with Gasteiger partial charge in [0, 0.05) is 46.3 Å². The molecule has 0 saturated carbocycles. The maximum atomic E-state index is 13.8. The van der Waals surface area contributed by atoms with E-state index < -0.39 is 16.1 Å². The van der Waals surface area contributed by atoms with Crippen LogP contribution in [0.15, 0.2) is 89.8 Å². The van der Waals surface area contributed by atoms with Crippen molar-refractivity contribution in [3.63, 3.8) is 0 Å². The Kier molecular flexibility index (Phi) is 12.1. The molecule has 1 atom stereocenters. The van der Waals surface area contributed by atoms with E-state index in [-0.39, 0.29) is 29.9 Å². The number of morpholine rings is 1. The van der Waals surface area contributed by atoms with Gasteiger partial charge in [-0.05, 0) is 41.8 Å². The zero-order valence-corrected chi connectivity index (χ0v) is 25.2. The highest BCUT2D eigenvalue weighted by Crippen LogP contribution is 2.21. The summed E-state index contributed by atoms with van der Waals surface area (Å²) in [5.41, 5.74) is 1.79. The summed E-state index contributed by atoms with van der Waals surface area (Å²) in [7, 11) is -2.04. The normalized spacial score (nSPS) is 14.5. The Labute approximate surface area is 253 Å². The van der Waals surface area contributed by atoms with Gasteiger partial charge in [0.2, 0.25) is 15.9 Å². The molecule has 4 rings (SSSR count). The molecule has 3 aromatic rings. The number of hydrogen-bond acceptors (Lipinski definition) is 7. The second-order valence-corrected chi connectivity index (χ2v) is 12.1.